The normalized spacial score (nSPS) is 23.2. The third-order valence-electron chi connectivity index (χ3n) is 5.64. The summed E-state index contributed by atoms with van der Waals surface area (Å²) in [4.78, 5) is 12.2. The number of fused-ring (bicyclic) bond motifs is 1. The number of carbonyl (C=O) groups excluding carboxylic acids is 1. The first kappa shape index (κ1) is 19.3. The maximum Gasteiger partial charge on any atom is 0.530 e. The predicted octanol–water partition coefficient (Wildman–Crippen LogP) is 1.80. The van der Waals surface area contributed by atoms with Crippen molar-refractivity contribution in [2.75, 3.05) is 18.5 Å². The molecule has 0 bridgehead atoms. The summed E-state index contributed by atoms with van der Waals surface area (Å²) in [6.07, 6.45) is 1.35. The van der Waals surface area contributed by atoms with Gasteiger partial charge in [0.25, 0.3) is 5.91 Å². The largest absolute Gasteiger partial charge is 0.535 e. The van der Waals surface area contributed by atoms with E-state index in [2.05, 4.69) is 21.6 Å². The number of nitrogens with one attached hydrogen (secondary N) is 2. The van der Waals surface area contributed by atoms with Crippen LogP contribution in [-0.2, 0) is 4.74 Å². The molecular weight excluding hydrogens is 373 g/mol. The van der Waals surface area contributed by atoms with Gasteiger partial charge in [0.05, 0.1) is 24.3 Å². The molecule has 0 aliphatic carbocycles. The molecule has 150 valence electrons. The van der Waals surface area contributed by atoms with Crippen LogP contribution >= 0.6 is 0 Å². The van der Waals surface area contributed by atoms with Crippen LogP contribution in [0.2, 0.25) is 0 Å². The highest BCUT2D eigenvalue weighted by atomic mass is 16.5. The average molecular weight is 395 g/mol. The number of nitrogens with two attached hydrogens (primary N) is 1. The number of aromatic nitrogens is 2. The molecule has 4 rings (SSSR count). The summed E-state index contributed by atoms with van der Waals surface area (Å²) in [5.74, 6) is -0.417. The first-order chi connectivity index (χ1) is 14.0. The second-order valence-electron chi connectivity index (χ2n) is 7.33. The molecule has 5 N–H and O–H groups in total. The van der Waals surface area contributed by atoms with Crippen LogP contribution in [0.1, 0.15) is 53.1 Å². The third kappa shape index (κ3) is 3.43. The lowest BCUT2D eigenvalue weighted by Gasteiger charge is -2.26. The molecule has 2 aliphatic heterocycles. The van der Waals surface area contributed by atoms with Crippen molar-refractivity contribution in [2.24, 2.45) is 11.7 Å². The lowest BCUT2D eigenvalue weighted by atomic mass is 9.69. The second-order valence-corrected chi connectivity index (χ2v) is 7.33. The minimum absolute atomic E-state index is 0.0635. The smallest absolute Gasteiger partial charge is 0.530 e. The molecule has 1 aromatic heterocycles. The number of carbonyl (C=O) groups is 1. The first-order valence-electron chi connectivity index (χ1n) is 9.64. The minimum Gasteiger partial charge on any atom is -0.535 e. The Labute approximate surface area is 168 Å². The Bertz CT molecular complexity index is 972. The van der Waals surface area contributed by atoms with Gasteiger partial charge in [-0.1, -0.05) is 13.0 Å². The van der Waals surface area contributed by atoms with E-state index in [1.165, 1.54) is 0 Å². The Kier molecular flexibility index (Phi) is 5.17. The van der Waals surface area contributed by atoms with E-state index in [4.69, 9.17) is 15.1 Å². The van der Waals surface area contributed by atoms with Crippen LogP contribution in [0, 0.1) is 17.2 Å². The number of primary amides is 1. The van der Waals surface area contributed by atoms with Crippen molar-refractivity contribution in [2.45, 2.75) is 31.5 Å². The van der Waals surface area contributed by atoms with Crippen LogP contribution in [-0.4, -0.2) is 41.5 Å². The number of aromatic amines is 1. The summed E-state index contributed by atoms with van der Waals surface area (Å²) < 4.78 is 11.0. The van der Waals surface area contributed by atoms with Crippen LogP contribution in [0.3, 0.4) is 0 Å². The van der Waals surface area contributed by atoms with Gasteiger partial charge in [0.15, 0.2) is 5.82 Å². The molecule has 2 aliphatic rings. The standard InChI is InChI=1S/C19H22BN5O4/c1-2-14-12-4-3-11(7-15(12)29-20(14)27)23-19-16(18(22)26)17(24-25-19)13-9-28-6-5-10(13)8-21/h3-4,7,10,13-14,27H,2,5-6,9H2,1H3,(H2,22,26)(H2,23,24,25)/t10-,13+,14?/m0/s1. The van der Waals surface area contributed by atoms with Gasteiger partial charge in [0.2, 0.25) is 0 Å². The number of hydrogen-bond acceptors (Lipinski definition) is 7. The van der Waals surface area contributed by atoms with E-state index in [0.29, 0.717) is 36.8 Å². The summed E-state index contributed by atoms with van der Waals surface area (Å²) in [6, 6.07) is 7.76. The number of anilines is 2. The molecular formula is C19H22BN5O4. The number of rotatable bonds is 5. The van der Waals surface area contributed by atoms with Crippen molar-refractivity contribution in [3.63, 3.8) is 0 Å². The second kappa shape index (κ2) is 7.77. The summed E-state index contributed by atoms with van der Waals surface area (Å²) in [5.41, 5.74) is 7.94. The van der Waals surface area contributed by atoms with E-state index < -0.39 is 13.0 Å². The lowest BCUT2D eigenvalue weighted by molar-refractivity contribution is 0.0602. The van der Waals surface area contributed by atoms with E-state index in [0.717, 1.165) is 12.0 Å². The fourth-order valence-electron chi connectivity index (χ4n) is 4.09. The molecule has 1 saturated heterocycles. The Hall–Kier alpha value is -3.03. The summed E-state index contributed by atoms with van der Waals surface area (Å²) in [7, 11) is -0.863. The van der Waals surface area contributed by atoms with Crippen molar-refractivity contribution in [3.05, 3.63) is 35.0 Å². The van der Waals surface area contributed by atoms with Crippen molar-refractivity contribution >= 4 is 24.5 Å². The number of nitrogens with zero attached hydrogens (tertiary/aromatic N) is 2. The van der Waals surface area contributed by atoms with Gasteiger partial charge in [-0.25, -0.2) is 0 Å². The highest BCUT2D eigenvalue weighted by Crippen LogP contribution is 2.40. The Morgan fingerprint density at radius 2 is 2.38 bits per heavy atom. The number of H-pyrrole nitrogens is 1. The number of ether oxygens (including phenoxy) is 1. The topological polar surface area (TPSA) is 146 Å². The van der Waals surface area contributed by atoms with E-state index in [9.17, 15) is 15.1 Å². The fourth-order valence-corrected chi connectivity index (χ4v) is 4.09. The van der Waals surface area contributed by atoms with Crippen molar-refractivity contribution in [1.82, 2.24) is 10.2 Å². The molecule has 1 fully saturated rings. The SMILES string of the molecule is CCC1B(O)Oc2cc(Nc3n[nH]c([C@@H]4COCC[C@H]4C#N)c3C(N)=O)ccc21. The molecule has 3 heterocycles. The molecule has 0 radical (unpaired) electrons. The van der Waals surface area contributed by atoms with E-state index >= 15 is 0 Å². The number of hydrogen-bond donors (Lipinski definition) is 4. The van der Waals surface area contributed by atoms with Gasteiger partial charge in [-0.15, -0.1) is 0 Å². The number of benzene rings is 1. The summed E-state index contributed by atoms with van der Waals surface area (Å²) >= 11 is 0. The average Bonchev–Trinajstić information content (AvgIpc) is 3.27. The zero-order chi connectivity index (χ0) is 20.5. The minimum atomic E-state index is -0.863. The van der Waals surface area contributed by atoms with E-state index in [-0.39, 0.29) is 29.0 Å². The maximum atomic E-state index is 12.2. The van der Waals surface area contributed by atoms with Gasteiger partial charge in [-0.05, 0) is 24.5 Å². The number of nitriles is 1. The van der Waals surface area contributed by atoms with Gasteiger partial charge in [-0.2, -0.15) is 10.4 Å². The first-order valence-corrected chi connectivity index (χ1v) is 9.64. The Morgan fingerprint density at radius 1 is 1.55 bits per heavy atom. The zero-order valence-electron chi connectivity index (χ0n) is 16.0. The molecule has 9 nitrogen and oxygen atoms in total. The van der Waals surface area contributed by atoms with Crippen LogP contribution in [0.4, 0.5) is 11.5 Å². The van der Waals surface area contributed by atoms with Crippen LogP contribution in [0.15, 0.2) is 18.2 Å². The van der Waals surface area contributed by atoms with E-state index in [1.807, 2.05) is 19.1 Å². The Morgan fingerprint density at radius 3 is 3.10 bits per heavy atom. The molecule has 0 spiro atoms. The fraction of sp³-hybridized carbons (Fsp3) is 0.421. The molecule has 2 aromatic rings. The van der Waals surface area contributed by atoms with Crippen molar-refractivity contribution < 1.29 is 19.2 Å². The van der Waals surface area contributed by atoms with Crippen LogP contribution in [0.25, 0.3) is 0 Å². The van der Waals surface area contributed by atoms with Gasteiger partial charge < -0.3 is 25.5 Å². The van der Waals surface area contributed by atoms with Crippen LogP contribution < -0.4 is 15.7 Å². The zero-order valence-corrected chi connectivity index (χ0v) is 16.0. The molecule has 29 heavy (non-hydrogen) atoms. The summed E-state index contributed by atoms with van der Waals surface area (Å²) in [6.45, 7) is 2.83. The van der Waals surface area contributed by atoms with Crippen molar-refractivity contribution in [3.8, 4) is 11.8 Å². The van der Waals surface area contributed by atoms with Gasteiger partial charge in [-0.3, -0.25) is 9.89 Å². The molecule has 1 aromatic carbocycles. The molecule has 3 atom stereocenters. The molecule has 1 amide bonds. The molecule has 0 saturated carbocycles. The van der Waals surface area contributed by atoms with Crippen molar-refractivity contribution in [1.29, 1.82) is 5.26 Å². The molecule has 1 unspecified atom stereocenters. The third-order valence-corrected chi connectivity index (χ3v) is 5.64. The summed E-state index contributed by atoms with van der Waals surface area (Å²) in [5, 5.41) is 29.7. The van der Waals surface area contributed by atoms with Gasteiger partial charge >= 0.3 is 7.12 Å². The monoisotopic (exact) mass is 395 g/mol. The lowest BCUT2D eigenvalue weighted by Crippen LogP contribution is -2.27. The highest BCUT2D eigenvalue weighted by Gasteiger charge is 2.38. The maximum absolute atomic E-state index is 12.2. The van der Waals surface area contributed by atoms with Gasteiger partial charge in [0, 0.05) is 30.1 Å². The van der Waals surface area contributed by atoms with Gasteiger partial charge in [0.1, 0.15) is 11.3 Å². The number of amides is 1. The van der Waals surface area contributed by atoms with Crippen LogP contribution in [0.5, 0.6) is 5.75 Å². The molecule has 10 heteroatoms. The predicted molar refractivity (Wildman–Crippen MR) is 106 cm³/mol. The Balaban J connectivity index is 1.64. The van der Waals surface area contributed by atoms with E-state index in [1.54, 1.807) is 6.07 Å². The quantitative estimate of drug-likeness (QED) is 0.565. The highest BCUT2D eigenvalue weighted by molar-refractivity contribution is 6.47.